The summed E-state index contributed by atoms with van der Waals surface area (Å²) in [4.78, 5) is 0. The molecule has 3 atom stereocenters. The summed E-state index contributed by atoms with van der Waals surface area (Å²) >= 11 is 0. The minimum atomic E-state index is 0.0923. The van der Waals surface area contributed by atoms with E-state index < -0.39 is 0 Å². The van der Waals surface area contributed by atoms with Crippen molar-refractivity contribution in [1.29, 1.82) is 0 Å². The second-order valence-corrected chi connectivity index (χ2v) is 5.57. The molecule has 1 aliphatic carbocycles. The van der Waals surface area contributed by atoms with Crippen LogP contribution in [0, 0.1) is 17.8 Å². The highest BCUT2D eigenvalue weighted by molar-refractivity contribution is 4.81. The lowest BCUT2D eigenvalue weighted by molar-refractivity contribution is -0.0601. The van der Waals surface area contributed by atoms with Crippen LogP contribution in [0.2, 0.25) is 0 Å². The first kappa shape index (κ1) is 14.9. The number of rotatable bonds is 7. The molecule has 1 rings (SSSR count). The van der Waals surface area contributed by atoms with Gasteiger partial charge in [0, 0.05) is 0 Å². The first-order chi connectivity index (χ1) is 8.15. The van der Waals surface area contributed by atoms with E-state index in [1.54, 1.807) is 0 Å². The largest absolute Gasteiger partial charge is 0.394 e. The molecule has 1 saturated carbocycles. The van der Waals surface area contributed by atoms with Gasteiger partial charge in [-0.3, -0.25) is 0 Å². The van der Waals surface area contributed by atoms with Crippen LogP contribution in [0.15, 0.2) is 0 Å². The van der Waals surface area contributed by atoms with Crippen LogP contribution in [0.25, 0.3) is 0 Å². The van der Waals surface area contributed by atoms with Crippen LogP contribution in [0.5, 0.6) is 0 Å². The Kier molecular flexibility index (Phi) is 7.09. The van der Waals surface area contributed by atoms with Gasteiger partial charge in [0.25, 0.3) is 0 Å². The number of hydrogen-bond donors (Lipinski definition) is 1. The van der Waals surface area contributed by atoms with Gasteiger partial charge in [-0.1, -0.05) is 27.2 Å². The predicted octanol–water partition coefficient (Wildman–Crippen LogP) is 2.47. The van der Waals surface area contributed by atoms with E-state index in [0.717, 1.165) is 5.92 Å². The SMILES string of the molecule is CC(C)[C@@H]1CC[C@@H](C)C[C@H]1OCCOCCO. The average molecular weight is 244 g/mol. The van der Waals surface area contributed by atoms with Crippen molar-refractivity contribution in [1.82, 2.24) is 0 Å². The average Bonchev–Trinajstić information content (AvgIpc) is 2.28. The van der Waals surface area contributed by atoms with Gasteiger partial charge in [0.05, 0.1) is 32.5 Å². The minimum Gasteiger partial charge on any atom is -0.394 e. The summed E-state index contributed by atoms with van der Waals surface area (Å²) in [5.74, 6) is 2.18. The molecule has 3 heteroatoms. The molecule has 102 valence electrons. The molecule has 0 aromatic carbocycles. The van der Waals surface area contributed by atoms with E-state index in [-0.39, 0.29) is 6.61 Å². The maximum absolute atomic E-state index is 8.60. The lowest BCUT2D eigenvalue weighted by Crippen LogP contribution is -2.35. The zero-order chi connectivity index (χ0) is 12.7. The van der Waals surface area contributed by atoms with E-state index in [1.165, 1.54) is 19.3 Å². The first-order valence-electron chi connectivity index (χ1n) is 6.95. The molecular formula is C14H28O3. The quantitative estimate of drug-likeness (QED) is 0.699. The van der Waals surface area contributed by atoms with Crippen LogP contribution >= 0.6 is 0 Å². The van der Waals surface area contributed by atoms with E-state index in [4.69, 9.17) is 14.6 Å². The van der Waals surface area contributed by atoms with Gasteiger partial charge in [-0.05, 0) is 30.6 Å². The molecule has 0 unspecified atom stereocenters. The lowest BCUT2D eigenvalue weighted by Gasteiger charge is -2.37. The Labute approximate surface area is 105 Å². The zero-order valence-electron chi connectivity index (χ0n) is 11.5. The maximum Gasteiger partial charge on any atom is 0.0704 e. The van der Waals surface area contributed by atoms with Crippen molar-refractivity contribution in [3.05, 3.63) is 0 Å². The summed E-state index contributed by atoms with van der Waals surface area (Å²) in [6.07, 6.45) is 4.21. The maximum atomic E-state index is 8.60. The number of hydrogen-bond acceptors (Lipinski definition) is 3. The third kappa shape index (κ3) is 5.36. The third-order valence-electron chi connectivity index (χ3n) is 3.76. The highest BCUT2D eigenvalue weighted by atomic mass is 16.5. The molecule has 1 aliphatic rings. The van der Waals surface area contributed by atoms with Gasteiger partial charge in [-0.15, -0.1) is 0 Å². The standard InChI is InChI=1S/C14H28O3/c1-11(2)13-5-4-12(3)10-14(13)17-9-8-16-7-6-15/h11-15H,4-10H2,1-3H3/t12-,13+,14-/m1/s1. The van der Waals surface area contributed by atoms with Crippen LogP contribution < -0.4 is 0 Å². The fraction of sp³-hybridized carbons (Fsp3) is 1.00. The van der Waals surface area contributed by atoms with Crippen molar-refractivity contribution in [3.63, 3.8) is 0 Å². The summed E-state index contributed by atoms with van der Waals surface area (Å²) < 4.78 is 11.2. The van der Waals surface area contributed by atoms with Crippen LogP contribution in [-0.2, 0) is 9.47 Å². The van der Waals surface area contributed by atoms with Crippen LogP contribution in [0.4, 0.5) is 0 Å². The molecule has 17 heavy (non-hydrogen) atoms. The van der Waals surface area contributed by atoms with Crippen molar-refractivity contribution in [2.45, 2.75) is 46.1 Å². The van der Waals surface area contributed by atoms with Gasteiger partial charge >= 0.3 is 0 Å². The zero-order valence-corrected chi connectivity index (χ0v) is 11.5. The molecule has 0 spiro atoms. The molecular weight excluding hydrogens is 216 g/mol. The summed E-state index contributed by atoms with van der Waals surface area (Å²) in [6.45, 7) is 8.65. The Balaban J connectivity index is 2.26. The van der Waals surface area contributed by atoms with E-state index in [1.807, 2.05) is 0 Å². The Bertz CT molecular complexity index is 194. The third-order valence-corrected chi connectivity index (χ3v) is 3.76. The van der Waals surface area contributed by atoms with E-state index in [0.29, 0.717) is 37.8 Å². The molecule has 0 aromatic heterocycles. The molecule has 0 radical (unpaired) electrons. The summed E-state index contributed by atoms with van der Waals surface area (Å²) in [5.41, 5.74) is 0. The number of aliphatic hydroxyl groups is 1. The van der Waals surface area contributed by atoms with Crippen molar-refractivity contribution in [2.75, 3.05) is 26.4 Å². The molecule has 0 aliphatic heterocycles. The Hall–Kier alpha value is -0.120. The summed E-state index contributed by atoms with van der Waals surface area (Å²) in [6, 6.07) is 0. The first-order valence-corrected chi connectivity index (χ1v) is 6.95. The van der Waals surface area contributed by atoms with Crippen molar-refractivity contribution < 1.29 is 14.6 Å². The lowest BCUT2D eigenvalue weighted by atomic mass is 9.75. The topological polar surface area (TPSA) is 38.7 Å². The molecule has 0 amide bonds. The van der Waals surface area contributed by atoms with Crippen LogP contribution in [-0.4, -0.2) is 37.6 Å². The van der Waals surface area contributed by atoms with Gasteiger partial charge in [-0.25, -0.2) is 0 Å². The number of ether oxygens (including phenoxy) is 2. The van der Waals surface area contributed by atoms with Crippen molar-refractivity contribution in [3.8, 4) is 0 Å². The van der Waals surface area contributed by atoms with Gasteiger partial charge in [0.15, 0.2) is 0 Å². The second kappa shape index (κ2) is 8.06. The van der Waals surface area contributed by atoms with Crippen LogP contribution in [0.1, 0.15) is 40.0 Å². The minimum absolute atomic E-state index is 0.0923. The smallest absolute Gasteiger partial charge is 0.0704 e. The van der Waals surface area contributed by atoms with E-state index in [9.17, 15) is 0 Å². The van der Waals surface area contributed by atoms with Gasteiger partial charge in [0.2, 0.25) is 0 Å². The fourth-order valence-electron chi connectivity index (χ4n) is 2.73. The summed E-state index contributed by atoms with van der Waals surface area (Å²) in [5, 5.41) is 8.60. The Morgan fingerprint density at radius 3 is 2.59 bits per heavy atom. The van der Waals surface area contributed by atoms with E-state index in [2.05, 4.69) is 20.8 Å². The normalized spacial score (nSPS) is 29.8. The Morgan fingerprint density at radius 1 is 1.18 bits per heavy atom. The molecule has 1 fully saturated rings. The molecule has 0 bridgehead atoms. The number of aliphatic hydroxyl groups excluding tert-OH is 1. The Morgan fingerprint density at radius 2 is 1.94 bits per heavy atom. The van der Waals surface area contributed by atoms with Gasteiger partial charge < -0.3 is 14.6 Å². The van der Waals surface area contributed by atoms with Gasteiger partial charge in [0.1, 0.15) is 0 Å². The van der Waals surface area contributed by atoms with Gasteiger partial charge in [-0.2, -0.15) is 0 Å². The van der Waals surface area contributed by atoms with Crippen LogP contribution in [0.3, 0.4) is 0 Å². The molecule has 1 N–H and O–H groups in total. The molecule has 0 aromatic rings. The molecule has 0 heterocycles. The molecule has 0 saturated heterocycles. The molecule has 3 nitrogen and oxygen atoms in total. The second-order valence-electron chi connectivity index (χ2n) is 5.57. The van der Waals surface area contributed by atoms with Crippen molar-refractivity contribution >= 4 is 0 Å². The van der Waals surface area contributed by atoms with E-state index >= 15 is 0 Å². The fourth-order valence-corrected chi connectivity index (χ4v) is 2.73. The highest BCUT2D eigenvalue weighted by Crippen LogP contribution is 2.35. The highest BCUT2D eigenvalue weighted by Gasteiger charge is 2.31. The van der Waals surface area contributed by atoms with Crippen molar-refractivity contribution in [2.24, 2.45) is 17.8 Å². The predicted molar refractivity (Wildman–Crippen MR) is 69.0 cm³/mol. The monoisotopic (exact) mass is 244 g/mol. The summed E-state index contributed by atoms with van der Waals surface area (Å²) in [7, 11) is 0.